The van der Waals surface area contributed by atoms with Gasteiger partial charge >= 0.3 is 0 Å². The van der Waals surface area contributed by atoms with E-state index < -0.39 is 0 Å². The zero-order valence-corrected chi connectivity index (χ0v) is 5.77. The van der Waals surface area contributed by atoms with Crippen molar-refractivity contribution in [2.24, 2.45) is 5.84 Å². The molecule has 0 saturated carbocycles. The Labute approximate surface area is 63.8 Å². The van der Waals surface area contributed by atoms with Gasteiger partial charge in [0.1, 0.15) is 0 Å². The molecule has 0 atom stereocenters. The number of nitrogens with two attached hydrogens (primary N) is 1. The van der Waals surface area contributed by atoms with Crippen molar-refractivity contribution in [3.8, 4) is 0 Å². The van der Waals surface area contributed by atoms with Gasteiger partial charge in [-0.2, -0.15) is 0 Å². The highest BCUT2D eigenvalue weighted by Crippen LogP contribution is 1.97. The number of carboxylic acid groups (broad SMARTS) is 1. The normalized spacial score (nSPS) is 7.36. The van der Waals surface area contributed by atoms with Crippen LogP contribution in [0.2, 0.25) is 0 Å². The molecule has 0 aliphatic heterocycles. The first kappa shape index (κ1) is 9.38. The number of hydrogen-bond acceptors (Lipinski definition) is 4. The first-order valence-electron chi connectivity index (χ1n) is 2.79. The Balaban J connectivity index is 0.000000292. The first-order valence-corrected chi connectivity index (χ1v) is 2.79. The highest BCUT2D eigenvalue weighted by molar-refractivity contribution is 5.37. The van der Waals surface area contributed by atoms with E-state index in [4.69, 9.17) is 15.7 Å². The molecule has 1 heterocycles. The molecular weight excluding hydrogens is 146 g/mol. The Morgan fingerprint density at radius 1 is 1.73 bits per heavy atom. The standard InChI is InChI=1S/C5H7N3.CH2O2/c6-8-5-2-1-3-7-4-5;2-1-3/h1-4,8H,6H2;1H,(H,2,3). The molecule has 0 aliphatic rings. The van der Waals surface area contributed by atoms with Crippen molar-refractivity contribution in [1.82, 2.24) is 4.98 Å². The van der Waals surface area contributed by atoms with E-state index in [-0.39, 0.29) is 6.47 Å². The van der Waals surface area contributed by atoms with Crippen LogP contribution in [0.4, 0.5) is 5.69 Å². The van der Waals surface area contributed by atoms with Crippen LogP contribution in [0.1, 0.15) is 0 Å². The number of anilines is 1. The van der Waals surface area contributed by atoms with Gasteiger partial charge in [-0.15, -0.1) is 0 Å². The Morgan fingerprint density at radius 2 is 2.36 bits per heavy atom. The highest BCUT2D eigenvalue weighted by Gasteiger charge is 1.79. The van der Waals surface area contributed by atoms with Gasteiger partial charge in [0.15, 0.2) is 0 Å². The summed E-state index contributed by atoms with van der Waals surface area (Å²) < 4.78 is 0. The summed E-state index contributed by atoms with van der Waals surface area (Å²) in [6.07, 6.45) is 3.35. The summed E-state index contributed by atoms with van der Waals surface area (Å²) in [5, 5.41) is 6.89. The van der Waals surface area contributed by atoms with Crippen molar-refractivity contribution in [1.29, 1.82) is 0 Å². The summed E-state index contributed by atoms with van der Waals surface area (Å²) in [5.74, 6) is 5.06. The third-order valence-electron chi connectivity index (χ3n) is 0.828. The number of hydrogen-bond donors (Lipinski definition) is 3. The molecule has 0 unspecified atom stereocenters. The quantitative estimate of drug-likeness (QED) is 0.303. The van der Waals surface area contributed by atoms with E-state index in [9.17, 15) is 0 Å². The lowest BCUT2D eigenvalue weighted by molar-refractivity contribution is -0.122. The van der Waals surface area contributed by atoms with Crippen LogP contribution in [-0.2, 0) is 4.79 Å². The molecule has 4 N–H and O–H groups in total. The summed E-state index contributed by atoms with van der Waals surface area (Å²) in [6.45, 7) is -0.250. The summed E-state index contributed by atoms with van der Waals surface area (Å²) >= 11 is 0. The highest BCUT2D eigenvalue weighted by atomic mass is 16.3. The van der Waals surface area contributed by atoms with Crippen molar-refractivity contribution in [2.45, 2.75) is 0 Å². The Bertz CT molecular complexity index is 190. The van der Waals surface area contributed by atoms with Gasteiger partial charge in [-0.05, 0) is 12.1 Å². The maximum absolute atomic E-state index is 8.36. The second-order valence-electron chi connectivity index (χ2n) is 1.49. The van der Waals surface area contributed by atoms with Crippen LogP contribution in [0, 0.1) is 0 Å². The van der Waals surface area contributed by atoms with Crippen LogP contribution in [0.5, 0.6) is 0 Å². The maximum Gasteiger partial charge on any atom is 0.290 e. The third-order valence-corrected chi connectivity index (χ3v) is 0.828. The number of carbonyl (C=O) groups is 1. The van der Waals surface area contributed by atoms with Gasteiger partial charge in [-0.3, -0.25) is 15.6 Å². The Hall–Kier alpha value is -1.62. The van der Waals surface area contributed by atoms with E-state index in [1.54, 1.807) is 12.4 Å². The Morgan fingerprint density at radius 3 is 2.64 bits per heavy atom. The van der Waals surface area contributed by atoms with Gasteiger partial charge in [-0.1, -0.05) is 0 Å². The van der Waals surface area contributed by atoms with Crippen LogP contribution >= 0.6 is 0 Å². The molecule has 1 aromatic heterocycles. The third kappa shape index (κ3) is 4.86. The van der Waals surface area contributed by atoms with Crippen molar-refractivity contribution < 1.29 is 9.90 Å². The fourth-order valence-corrected chi connectivity index (χ4v) is 0.448. The number of nitrogens with zero attached hydrogens (tertiary/aromatic N) is 1. The van der Waals surface area contributed by atoms with E-state index in [1.165, 1.54) is 0 Å². The average Bonchev–Trinajstić information content (AvgIpc) is 2.08. The van der Waals surface area contributed by atoms with E-state index in [2.05, 4.69) is 10.4 Å². The van der Waals surface area contributed by atoms with Crippen LogP contribution in [0.15, 0.2) is 24.5 Å². The molecule has 5 heteroatoms. The molecule has 1 rings (SSSR count). The monoisotopic (exact) mass is 155 g/mol. The largest absolute Gasteiger partial charge is 0.483 e. The van der Waals surface area contributed by atoms with Crippen molar-refractivity contribution in [3.63, 3.8) is 0 Å². The number of nitrogens with one attached hydrogen (secondary N) is 1. The number of hydrazine groups is 1. The van der Waals surface area contributed by atoms with Crippen LogP contribution in [0.3, 0.4) is 0 Å². The van der Waals surface area contributed by atoms with Gasteiger partial charge in [0.05, 0.1) is 11.9 Å². The Kier molecular flexibility index (Phi) is 5.54. The number of nitrogen functional groups attached to an aromatic ring is 1. The molecule has 0 amide bonds. The van der Waals surface area contributed by atoms with E-state index in [0.717, 1.165) is 5.69 Å². The summed E-state index contributed by atoms with van der Waals surface area (Å²) in [5.41, 5.74) is 3.29. The topological polar surface area (TPSA) is 88.2 Å². The molecule has 0 aromatic carbocycles. The van der Waals surface area contributed by atoms with E-state index >= 15 is 0 Å². The predicted octanol–water partition coefficient (Wildman–Crippen LogP) is 0.0680. The van der Waals surface area contributed by atoms with Gasteiger partial charge in [0.25, 0.3) is 6.47 Å². The molecule has 0 fully saturated rings. The van der Waals surface area contributed by atoms with Gasteiger partial charge in [-0.25, -0.2) is 0 Å². The molecule has 11 heavy (non-hydrogen) atoms. The van der Waals surface area contributed by atoms with Crippen LogP contribution in [0.25, 0.3) is 0 Å². The second kappa shape index (κ2) is 6.50. The van der Waals surface area contributed by atoms with E-state index in [0.29, 0.717) is 0 Å². The van der Waals surface area contributed by atoms with Crippen molar-refractivity contribution in [3.05, 3.63) is 24.5 Å². The second-order valence-corrected chi connectivity index (χ2v) is 1.49. The SMILES string of the molecule is NNc1cccnc1.O=CO. The fourth-order valence-electron chi connectivity index (χ4n) is 0.448. The van der Waals surface area contributed by atoms with Crippen molar-refractivity contribution >= 4 is 12.2 Å². The minimum atomic E-state index is -0.250. The first-order chi connectivity index (χ1) is 5.35. The van der Waals surface area contributed by atoms with Gasteiger partial charge in [0, 0.05) is 6.20 Å². The number of rotatable bonds is 1. The summed E-state index contributed by atoms with van der Waals surface area (Å²) in [4.78, 5) is 12.2. The molecule has 1 aromatic rings. The average molecular weight is 155 g/mol. The summed E-state index contributed by atoms with van der Waals surface area (Å²) in [7, 11) is 0. The lowest BCUT2D eigenvalue weighted by atomic mass is 10.4. The molecule has 0 bridgehead atoms. The molecule has 0 radical (unpaired) electrons. The lowest BCUT2D eigenvalue weighted by Crippen LogP contribution is -2.06. The lowest BCUT2D eigenvalue weighted by Gasteiger charge is -1.93. The zero-order valence-electron chi connectivity index (χ0n) is 5.77. The number of aromatic nitrogens is 1. The van der Waals surface area contributed by atoms with Crippen LogP contribution < -0.4 is 11.3 Å². The van der Waals surface area contributed by atoms with E-state index in [1.807, 2.05) is 12.1 Å². The van der Waals surface area contributed by atoms with Gasteiger partial charge in [0.2, 0.25) is 0 Å². The number of pyridine rings is 1. The van der Waals surface area contributed by atoms with Crippen LogP contribution in [-0.4, -0.2) is 16.6 Å². The molecular formula is C6H9N3O2. The zero-order chi connectivity index (χ0) is 8.53. The maximum atomic E-state index is 8.36. The fraction of sp³-hybridized carbons (Fsp3) is 0. The molecule has 0 spiro atoms. The van der Waals surface area contributed by atoms with Crippen molar-refractivity contribution in [2.75, 3.05) is 5.43 Å². The molecule has 60 valence electrons. The minimum Gasteiger partial charge on any atom is -0.483 e. The molecule has 5 nitrogen and oxygen atoms in total. The van der Waals surface area contributed by atoms with Gasteiger partial charge < -0.3 is 10.5 Å². The summed E-state index contributed by atoms with van der Waals surface area (Å²) in [6, 6.07) is 3.65. The molecule has 0 saturated heterocycles. The predicted molar refractivity (Wildman–Crippen MR) is 40.7 cm³/mol. The smallest absolute Gasteiger partial charge is 0.290 e. The molecule has 0 aliphatic carbocycles. The minimum absolute atomic E-state index is 0.250.